The number of amides is 1. The molecule has 0 spiro atoms. The van der Waals surface area contributed by atoms with Crippen molar-refractivity contribution < 1.29 is 4.79 Å². The second-order valence-electron chi connectivity index (χ2n) is 3.36. The minimum atomic E-state index is -0.224. The van der Waals surface area contributed by atoms with Crippen molar-refractivity contribution in [3.63, 3.8) is 0 Å². The van der Waals surface area contributed by atoms with E-state index in [1.165, 1.54) is 0 Å². The summed E-state index contributed by atoms with van der Waals surface area (Å²) in [5, 5.41) is 2.65. The summed E-state index contributed by atoms with van der Waals surface area (Å²) in [5.41, 5.74) is 6.19. The highest BCUT2D eigenvalue weighted by Gasteiger charge is 2.01. The van der Waals surface area contributed by atoms with E-state index in [1.807, 2.05) is 0 Å². The highest BCUT2D eigenvalue weighted by Crippen LogP contribution is 2.01. The number of pyridine rings is 1. The van der Waals surface area contributed by atoms with Gasteiger partial charge in [-0.1, -0.05) is 0 Å². The van der Waals surface area contributed by atoms with Crippen LogP contribution in [0.15, 0.2) is 29.5 Å². The van der Waals surface area contributed by atoms with Crippen molar-refractivity contribution in [3.8, 4) is 0 Å². The van der Waals surface area contributed by atoms with Gasteiger partial charge in [0, 0.05) is 20.3 Å². The van der Waals surface area contributed by atoms with Gasteiger partial charge in [-0.05, 0) is 12.1 Å². The van der Waals surface area contributed by atoms with Crippen molar-refractivity contribution in [1.29, 1.82) is 0 Å². The molecule has 0 fully saturated rings. The zero-order chi connectivity index (χ0) is 12.0. The standard InChI is InChI=1S/C10H15N5O/c1-15(2)10(11)13-7-9(16)14-8-4-3-5-12-6-8/h3-6H,7H2,1-2H3,(H2,11,13)(H,14,16). The molecule has 1 amide bonds. The molecule has 0 atom stereocenters. The monoisotopic (exact) mass is 221 g/mol. The largest absolute Gasteiger partial charge is 0.370 e. The predicted octanol–water partition coefficient (Wildman–Crippen LogP) is -0.104. The second kappa shape index (κ2) is 5.69. The Morgan fingerprint density at radius 1 is 1.62 bits per heavy atom. The molecule has 0 aliphatic rings. The van der Waals surface area contributed by atoms with Gasteiger partial charge >= 0.3 is 0 Å². The molecular formula is C10H15N5O. The first-order chi connectivity index (χ1) is 7.59. The van der Waals surface area contributed by atoms with Crippen molar-refractivity contribution >= 4 is 17.6 Å². The van der Waals surface area contributed by atoms with E-state index >= 15 is 0 Å². The van der Waals surface area contributed by atoms with Crippen LogP contribution in [0.1, 0.15) is 0 Å². The van der Waals surface area contributed by atoms with E-state index in [2.05, 4.69) is 15.3 Å². The van der Waals surface area contributed by atoms with Crippen LogP contribution in [0.25, 0.3) is 0 Å². The molecule has 16 heavy (non-hydrogen) atoms. The number of nitrogens with zero attached hydrogens (tertiary/aromatic N) is 3. The van der Waals surface area contributed by atoms with Gasteiger partial charge in [0.15, 0.2) is 5.96 Å². The number of nitrogens with two attached hydrogens (primary N) is 1. The van der Waals surface area contributed by atoms with Crippen LogP contribution in [0, 0.1) is 0 Å². The number of aromatic nitrogens is 1. The molecule has 0 saturated carbocycles. The molecule has 0 radical (unpaired) electrons. The van der Waals surface area contributed by atoms with E-state index in [0.29, 0.717) is 11.6 Å². The zero-order valence-corrected chi connectivity index (χ0v) is 9.34. The maximum absolute atomic E-state index is 11.4. The van der Waals surface area contributed by atoms with Gasteiger partial charge in [0.25, 0.3) is 0 Å². The van der Waals surface area contributed by atoms with E-state index < -0.39 is 0 Å². The minimum absolute atomic E-state index is 0.00108. The Kier molecular flexibility index (Phi) is 4.26. The van der Waals surface area contributed by atoms with Crippen molar-refractivity contribution in [2.24, 2.45) is 10.7 Å². The van der Waals surface area contributed by atoms with Crippen LogP contribution in [0.3, 0.4) is 0 Å². The maximum atomic E-state index is 11.4. The van der Waals surface area contributed by atoms with Crippen LogP contribution in [0.2, 0.25) is 0 Å². The topological polar surface area (TPSA) is 83.6 Å². The number of aliphatic imine (C=N–C) groups is 1. The average molecular weight is 221 g/mol. The Labute approximate surface area is 94.2 Å². The molecule has 0 aliphatic heterocycles. The molecule has 0 saturated heterocycles. The number of guanidine groups is 1. The molecule has 1 aromatic rings. The summed E-state index contributed by atoms with van der Waals surface area (Å²) in [6.07, 6.45) is 3.20. The number of hydrogen-bond donors (Lipinski definition) is 2. The van der Waals surface area contributed by atoms with Gasteiger partial charge in [-0.15, -0.1) is 0 Å². The lowest BCUT2D eigenvalue weighted by molar-refractivity contribution is -0.114. The molecule has 0 aromatic carbocycles. The van der Waals surface area contributed by atoms with Gasteiger partial charge in [-0.2, -0.15) is 0 Å². The van der Waals surface area contributed by atoms with Crippen LogP contribution < -0.4 is 11.1 Å². The summed E-state index contributed by atoms with van der Waals surface area (Å²) in [5.74, 6) is 0.0964. The first-order valence-electron chi connectivity index (χ1n) is 4.76. The molecule has 1 heterocycles. The molecule has 86 valence electrons. The molecule has 0 bridgehead atoms. The quantitative estimate of drug-likeness (QED) is 0.551. The summed E-state index contributed by atoms with van der Waals surface area (Å²) < 4.78 is 0. The number of rotatable bonds is 3. The third kappa shape index (κ3) is 3.95. The number of hydrogen-bond acceptors (Lipinski definition) is 3. The molecule has 1 aromatic heterocycles. The van der Waals surface area contributed by atoms with Crippen LogP contribution in [0.4, 0.5) is 5.69 Å². The van der Waals surface area contributed by atoms with Crippen molar-refractivity contribution in [1.82, 2.24) is 9.88 Å². The molecule has 0 unspecified atom stereocenters. The number of anilines is 1. The van der Waals surface area contributed by atoms with E-state index in [9.17, 15) is 4.79 Å². The van der Waals surface area contributed by atoms with Crippen molar-refractivity contribution in [2.45, 2.75) is 0 Å². The summed E-state index contributed by atoms with van der Waals surface area (Å²) in [4.78, 5) is 20.8. The van der Waals surface area contributed by atoms with E-state index in [0.717, 1.165) is 0 Å². The fourth-order valence-electron chi connectivity index (χ4n) is 0.931. The highest BCUT2D eigenvalue weighted by atomic mass is 16.1. The smallest absolute Gasteiger partial charge is 0.246 e. The molecular weight excluding hydrogens is 206 g/mol. The first-order valence-corrected chi connectivity index (χ1v) is 4.76. The molecule has 3 N–H and O–H groups in total. The van der Waals surface area contributed by atoms with E-state index in [-0.39, 0.29) is 12.5 Å². The average Bonchev–Trinajstić information content (AvgIpc) is 2.27. The minimum Gasteiger partial charge on any atom is -0.370 e. The lowest BCUT2D eigenvalue weighted by Gasteiger charge is -2.10. The Balaban J connectivity index is 2.46. The van der Waals surface area contributed by atoms with Crippen LogP contribution in [0.5, 0.6) is 0 Å². The van der Waals surface area contributed by atoms with Gasteiger partial charge in [0.05, 0.1) is 11.9 Å². The Morgan fingerprint density at radius 3 is 2.94 bits per heavy atom. The maximum Gasteiger partial charge on any atom is 0.246 e. The van der Waals surface area contributed by atoms with Gasteiger partial charge in [-0.25, -0.2) is 4.99 Å². The van der Waals surface area contributed by atoms with E-state index in [1.54, 1.807) is 43.5 Å². The highest BCUT2D eigenvalue weighted by molar-refractivity contribution is 5.93. The molecule has 6 heteroatoms. The van der Waals surface area contributed by atoms with Gasteiger partial charge in [0.2, 0.25) is 5.91 Å². The van der Waals surface area contributed by atoms with Crippen LogP contribution in [-0.2, 0) is 4.79 Å². The van der Waals surface area contributed by atoms with Gasteiger partial charge < -0.3 is 16.0 Å². The van der Waals surface area contributed by atoms with Gasteiger partial charge in [-0.3, -0.25) is 9.78 Å². The summed E-state index contributed by atoms with van der Waals surface area (Å²) >= 11 is 0. The third-order valence-corrected chi connectivity index (χ3v) is 1.79. The Hall–Kier alpha value is -2.11. The van der Waals surface area contributed by atoms with E-state index in [4.69, 9.17) is 5.73 Å². The number of carbonyl (C=O) groups is 1. The summed E-state index contributed by atoms with van der Waals surface area (Å²) in [6, 6.07) is 3.50. The SMILES string of the molecule is CN(C)C(N)=NCC(=O)Nc1cccnc1. The number of carbonyl (C=O) groups excluding carboxylic acids is 1. The summed E-state index contributed by atoms with van der Waals surface area (Å²) in [6.45, 7) is -0.00108. The zero-order valence-electron chi connectivity index (χ0n) is 9.34. The molecule has 0 aliphatic carbocycles. The Bertz CT molecular complexity index is 374. The molecule has 6 nitrogen and oxygen atoms in total. The first kappa shape index (κ1) is 12.0. The van der Waals surface area contributed by atoms with Gasteiger partial charge in [0.1, 0.15) is 6.54 Å². The molecule has 1 rings (SSSR count). The van der Waals surface area contributed by atoms with Crippen molar-refractivity contribution in [2.75, 3.05) is 26.0 Å². The summed E-state index contributed by atoms with van der Waals surface area (Å²) in [7, 11) is 3.52. The number of nitrogens with one attached hydrogen (secondary N) is 1. The second-order valence-corrected chi connectivity index (χ2v) is 3.36. The fourth-order valence-corrected chi connectivity index (χ4v) is 0.931. The Morgan fingerprint density at radius 2 is 2.38 bits per heavy atom. The lowest BCUT2D eigenvalue weighted by atomic mass is 10.4. The lowest BCUT2D eigenvalue weighted by Crippen LogP contribution is -2.31. The van der Waals surface area contributed by atoms with Crippen molar-refractivity contribution in [3.05, 3.63) is 24.5 Å². The fraction of sp³-hybridized carbons (Fsp3) is 0.300. The van der Waals surface area contributed by atoms with Crippen LogP contribution in [-0.4, -0.2) is 42.4 Å². The third-order valence-electron chi connectivity index (χ3n) is 1.79. The predicted molar refractivity (Wildman–Crippen MR) is 63.0 cm³/mol. The normalized spacial score (nSPS) is 11.0. The van der Waals surface area contributed by atoms with Crippen LogP contribution >= 0.6 is 0 Å².